The van der Waals surface area contributed by atoms with Crippen molar-refractivity contribution in [1.82, 2.24) is 4.72 Å². The normalized spacial score (nSPS) is 11.8. The minimum absolute atomic E-state index is 0.0424. The summed E-state index contributed by atoms with van der Waals surface area (Å²) in [5, 5.41) is 11.3. The number of hydrogen-bond donors (Lipinski definition) is 2. The molecule has 1 atom stereocenters. The van der Waals surface area contributed by atoms with Gasteiger partial charge in [0.2, 0.25) is 10.0 Å². The van der Waals surface area contributed by atoms with Gasteiger partial charge in [-0.05, 0) is 55.0 Å². The topological polar surface area (TPSA) is 125 Å². The van der Waals surface area contributed by atoms with Crippen LogP contribution >= 0.6 is 11.6 Å². The maximum atomic E-state index is 12.7. The Morgan fingerprint density at radius 3 is 2.38 bits per heavy atom. The zero-order chi connectivity index (χ0) is 24.7. The number of carbonyl (C=O) groups is 2. The Morgan fingerprint density at radius 2 is 1.74 bits per heavy atom. The fourth-order valence-corrected chi connectivity index (χ4v) is 4.38. The van der Waals surface area contributed by atoms with Gasteiger partial charge in [0.25, 0.3) is 5.91 Å². The van der Waals surface area contributed by atoms with Crippen molar-refractivity contribution in [3.05, 3.63) is 94.5 Å². The van der Waals surface area contributed by atoms with Gasteiger partial charge >= 0.3 is 5.97 Å². The van der Waals surface area contributed by atoms with Crippen molar-refractivity contribution in [3.8, 4) is 6.07 Å². The summed E-state index contributed by atoms with van der Waals surface area (Å²) >= 11 is 6.08. The number of amides is 1. The number of esters is 1. The molecule has 1 amide bonds. The van der Waals surface area contributed by atoms with Gasteiger partial charge in [-0.25, -0.2) is 17.9 Å². The standard InChI is InChI=1S/C24H20ClN3O5S/c1-16(23(29)28-20-10-7-17(14-26)8-11-20)33-24(30)19-9-12-21(25)22(13-19)34(31,32)27-15-18-5-3-2-4-6-18/h2-13,16,27H,15H2,1H3,(H,28,29). The van der Waals surface area contributed by atoms with Gasteiger partial charge in [-0.1, -0.05) is 41.9 Å². The maximum absolute atomic E-state index is 12.7. The second-order valence-electron chi connectivity index (χ2n) is 7.18. The summed E-state index contributed by atoms with van der Waals surface area (Å²) in [4.78, 5) is 24.6. The summed E-state index contributed by atoms with van der Waals surface area (Å²) in [5.41, 5.74) is 1.53. The fourth-order valence-electron chi connectivity index (χ4n) is 2.84. The Kier molecular flexibility index (Phi) is 8.02. The molecule has 0 aliphatic rings. The highest BCUT2D eigenvalue weighted by atomic mass is 35.5. The summed E-state index contributed by atoms with van der Waals surface area (Å²) in [6.07, 6.45) is -1.17. The number of halogens is 1. The van der Waals surface area contributed by atoms with E-state index in [4.69, 9.17) is 21.6 Å². The van der Waals surface area contributed by atoms with Crippen molar-refractivity contribution in [2.45, 2.75) is 24.5 Å². The highest BCUT2D eigenvalue weighted by molar-refractivity contribution is 7.89. The number of anilines is 1. The summed E-state index contributed by atoms with van der Waals surface area (Å²) < 4.78 is 33.1. The predicted octanol–water partition coefficient (Wildman–Crippen LogP) is 3.87. The summed E-state index contributed by atoms with van der Waals surface area (Å²) in [7, 11) is -4.03. The summed E-state index contributed by atoms with van der Waals surface area (Å²) in [5.74, 6) is -1.48. The second kappa shape index (κ2) is 10.9. The van der Waals surface area contributed by atoms with Crippen LogP contribution in [0.15, 0.2) is 77.7 Å². The molecule has 10 heteroatoms. The summed E-state index contributed by atoms with van der Waals surface area (Å²) in [6.45, 7) is 1.42. The predicted molar refractivity (Wildman–Crippen MR) is 127 cm³/mol. The third kappa shape index (κ3) is 6.42. The number of carbonyl (C=O) groups excluding carboxylic acids is 2. The van der Waals surface area contributed by atoms with Crippen LogP contribution in [0.2, 0.25) is 5.02 Å². The van der Waals surface area contributed by atoms with Gasteiger partial charge < -0.3 is 10.1 Å². The molecule has 174 valence electrons. The third-order valence-corrected chi connectivity index (χ3v) is 6.58. The van der Waals surface area contributed by atoms with E-state index in [0.29, 0.717) is 11.3 Å². The van der Waals surface area contributed by atoms with Crippen LogP contribution in [0.5, 0.6) is 0 Å². The molecular weight excluding hydrogens is 478 g/mol. The van der Waals surface area contributed by atoms with E-state index in [1.54, 1.807) is 36.4 Å². The van der Waals surface area contributed by atoms with Gasteiger partial charge in [-0.3, -0.25) is 4.79 Å². The van der Waals surface area contributed by atoms with Crippen LogP contribution in [-0.2, 0) is 26.1 Å². The van der Waals surface area contributed by atoms with Crippen molar-refractivity contribution in [2.24, 2.45) is 0 Å². The number of ether oxygens (including phenoxy) is 1. The quantitative estimate of drug-likeness (QED) is 0.455. The molecule has 34 heavy (non-hydrogen) atoms. The van der Waals surface area contributed by atoms with Crippen LogP contribution in [-0.4, -0.2) is 26.4 Å². The van der Waals surface area contributed by atoms with Gasteiger partial charge in [-0.15, -0.1) is 0 Å². The van der Waals surface area contributed by atoms with E-state index in [0.717, 1.165) is 11.6 Å². The van der Waals surface area contributed by atoms with Crippen molar-refractivity contribution in [3.63, 3.8) is 0 Å². The van der Waals surface area contributed by atoms with Crippen molar-refractivity contribution in [1.29, 1.82) is 5.26 Å². The lowest BCUT2D eigenvalue weighted by molar-refractivity contribution is -0.123. The Morgan fingerprint density at radius 1 is 1.06 bits per heavy atom. The number of nitrogens with one attached hydrogen (secondary N) is 2. The van der Waals surface area contributed by atoms with Crippen molar-refractivity contribution >= 4 is 39.2 Å². The first-order chi connectivity index (χ1) is 16.2. The molecule has 0 bridgehead atoms. The van der Waals surface area contributed by atoms with E-state index in [1.165, 1.54) is 31.2 Å². The molecule has 3 aromatic carbocycles. The van der Waals surface area contributed by atoms with E-state index >= 15 is 0 Å². The van der Waals surface area contributed by atoms with E-state index in [-0.39, 0.29) is 22.0 Å². The lowest BCUT2D eigenvalue weighted by Gasteiger charge is -2.14. The van der Waals surface area contributed by atoms with Crippen LogP contribution in [0.4, 0.5) is 5.69 Å². The first kappa shape index (κ1) is 24.9. The highest BCUT2D eigenvalue weighted by Gasteiger charge is 2.23. The first-order valence-electron chi connectivity index (χ1n) is 10.0. The molecule has 0 saturated heterocycles. The number of sulfonamides is 1. The average Bonchev–Trinajstić information content (AvgIpc) is 2.84. The van der Waals surface area contributed by atoms with Crippen LogP contribution < -0.4 is 10.0 Å². The van der Waals surface area contributed by atoms with Crippen LogP contribution in [0, 0.1) is 11.3 Å². The van der Waals surface area contributed by atoms with Gasteiger partial charge in [0, 0.05) is 12.2 Å². The maximum Gasteiger partial charge on any atom is 0.338 e. The smallest absolute Gasteiger partial charge is 0.338 e. The third-order valence-electron chi connectivity index (χ3n) is 4.70. The Hall–Kier alpha value is -3.71. The lowest BCUT2D eigenvalue weighted by atomic mass is 10.2. The van der Waals surface area contributed by atoms with Gasteiger partial charge in [0.15, 0.2) is 6.10 Å². The molecule has 0 aliphatic heterocycles. The van der Waals surface area contributed by atoms with E-state index in [9.17, 15) is 18.0 Å². The Balaban J connectivity index is 1.68. The second-order valence-corrected chi connectivity index (χ2v) is 9.32. The molecule has 0 aliphatic carbocycles. The van der Waals surface area contributed by atoms with Crippen LogP contribution in [0.3, 0.4) is 0 Å². The SMILES string of the molecule is CC(OC(=O)c1ccc(Cl)c(S(=O)(=O)NCc2ccccc2)c1)C(=O)Nc1ccc(C#N)cc1. The number of nitrogens with zero attached hydrogens (tertiary/aromatic N) is 1. The molecule has 3 aromatic rings. The average molecular weight is 498 g/mol. The highest BCUT2D eigenvalue weighted by Crippen LogP contribution is 2.23. The molecular formula is C24H20ClN3O5S. The van der Waals surface area contributed by atoms with Gasteiger partial charge in [0.05, 0.1) is 22.2 Å². The summed E-state index contributed by atoms with van der Waals surface area (Å²) in [6, 6.07) is 20.7. The lowest BCUT2D eigenvalue weighted by Crippen LogP contribution is -2.30. The molecule has 2 N–H and O–H groups in total. The molecule has 0 radical (unpaired) electrons. The molecule has 3 rings (SSSR count). The van der Waals surface area contributed by atoms with Gasteiger partial charge in [0.1, 0.15) is 4.90 Å². The molecule has 0 fully saturated rings. The fraction of sp³-hybridized carbons (Fsp3) is 0.125. The van der Waals surface area contributed by atoms with Crippen LogP contribution in [0.25, 0.3) is 0 Å². The number of hydrogen-bond acceptors (Lipinski definition) is 6. The number of rotatable bonds is 8. The largest absolute Gasteiger partial charge is 0.449 e. The minimum atomic E-state index is -4.03. The Bertz CT molecular complexity index is 1340. The van der Waals surface area contributed by atoms with E-state index in [2.05, 4.69) is 10.0 Å². The monoisotopic (exact) mass is 497 g/mol. The van der Waals surface area contributed by atoms with Crippen molar-refractivity contribution < 1.29 is 22.7 Å². The zero-order valence-electron chi connectivity index (χ0n) is 18.0. The first-order valence-corrected chi connectivity index (χ1v) is 11.9. The molecule has 0 spiro atoms. The minimum Gasteiger partial charge on any atom is -0.449 e. The van der Waals surface area contributed by atoms with E-state index < -0.39 is 28.0 Å². The Labute approximate surface area is 202 Å². The van der Waals surface area contributed by atoms with E-state index in [1.807, 2.05) is 12.1 Å². The number of benzene rings is 3. The van der Waals surface area contributed by atoms with Crippen LogP contribution in [0.1, 0.15) is 28.4 Å². The molecule has 1 unspecified atom stereocenters. The zero-order valence-corrected chi connectivity index (χ0v) is 19.6. The molecule has 0 aromatic heterocycles. The molecule has 0 saturated carbocycles. The van der Waals surface area contributed by atoms with Crippen molar-refractivity contribution in [2.75, 3.05) is 5.32 Å². The molecule has 0 heterocycles. The van der Waals surface area contributed by atoms with Gasteiger partial charge in [-0.2, -0.15) is 5.26 Å². The number of nitriles is 1. The molecule has 8 nitrogen and oxygen atoms in total.